The van der Waals surface area contributed by atoms with Crippen LogP contribution in [-0.2, 0) is 11.3 Å². The second-order valence-corrected chi connectivity index (χ2v) is 9.82. The summed E-state index contributed by atoms with van der Waals surface area (Å²) in [6.45, 7) is 8.86. The number of nitrogens with one attached hydrogen (secondary N) is 2. The van der Waals surface area contributed by atoms with Gasteiger partial charge in [-0.2, -0.15) is 0 Å². The van der Waals surface area contributed by atoms with E-state index in [1.165, 1.54) is 4.57 Å². The number of hydrogen-bond donors (Lipinski definition) is 3. The van der Waals surface area contributed by atoms with Crippen molar-refractivity contribution in [2.45, 2.75) is 46.1 Å². The quantitative estimate of drug-likeness (QED) is 0.256. The summed E-state index contributed by atoms with van der Waals surface area (Å²) in [5, 5.41) is 16.7. The van der Waals surface area contributed by atoms with Gasteiger partial charge in [-0.15, -0.1) is 0 Å². The number of anilines is 2. The zero-order valence-corrected chi connectivity index (χ0v) is 22.4. The van der Waals surface area contributed by atoms with E-state index in [2.05, 4.69) is 43.3 Å². The third-order valence-corrected chi connectivity index (χ3v) is 6.52. The molecule has 198 valence electrons. The highest BCUT2D eigenvalue weighted by Gasteiger charge is 2.22. The van der Waals surface area contributed by atoms with Gasteiger partial charge < -0.3 is 20.5 Å². The molecule has 8 nitrogen and oxygen atoms in total. The van der Waals surface area contributed by atoms with Crippen LogP contribution in [0.3, 0.4) is 0 Å². The maximum Gasteiger partial charge on any atom is 0.323 e. The first-order valence-electron chi connectivity index (χ1n) is 12.7. The number of rotatable bonds is 8. The Hall–Kier alpha value is -4.17. The van der Waals surface area contributed by atoms with Crippen molar-refractivity contribution in [1.29, 1.82) is 0 Å². The molecule has 3 N–H and O–H groups in total. The molecule has 4 aromatic rings. The van der Waals surface area contributed by atoms with Gasteiger partial charge in [-0.1, -0.05) is 58.0 Å². The fraction of sp³-hybridized carbons (Fsp3) is 0.300. The molecule has 0 fully saturated rings. The number of carbonyl (C=O) groups is 1. The second kappa shape index (κ2) is 11.5. The van der Waals surface area contributed by atoms with E-state index in [0.29, 0.717) is 28.8 Å². The number of fused-ring (bicyclic) bond motifs is 1. The number of ether oxygens (including phenoxy) is 1. The zero-order valence-electron chi connectivity index (χ0n) is 22.4. The first kappa shape index (κ1) is 26.9. The van der Waals surface area contributed by atoms with E-state index in [9.17, 15) is 14.7 Å². The Morgan fingerprint density at radius 1 is 0.974 bits per heavy atom. The SMILES string of the molecule is COCCn1c(=O)c(NC(=O)Nc2c(C(C)C)cccc2C(C)C)c(-c2cccc(O)c2)c2cccnc21. The number of phenols is 1. The third-order valence-electron chi connectivity index (χ3n) is 6.52. The average Bonchev–Trinajstić information content (AvgIpc) is 2.88. The average molecular weight is 515 g/mol. The minimum absolute atomic E-state index is 0.0472. The van der Waals surface area contributed by atoms with Gasteiger partial charge in [-0.3, -0.25) is 9.36 Å². The van der Waals surface area contributed by atoms with Crippen LogP contribution >= 0.6 is 0 Å². The lowest BCUT2D eigenvalue weighted by molar-refractivity contribution is 0.187. The molecule has 0 aliphatic carbocycles. The van der Waals surface area contributed by atoms with Gasteiger partial charge in [0.1, 0.15) is 17.1 Å². The fourth-order valence-electron chi connectivity index (χ4n) is 4.70. The molecule has 38 heavy (non-hydrogen) atoms. The smallest absolute Gasteiger partial charge is 0.323 e. The lowest BCUT2D eigenvalue weighted by Crippen LogP contribution is -2.31. The highest BCUT2D eigenvalue weighted by molar-refractivity contribution is 6.07. The first-order valence-corrected chi connectivity index (χ1v) is 12.7. The van der Waals surface area contributed by atoms with Crippen molar-refractivity contribution in [3.05, 3.63) is 82.3 Å². The molecule has 4 rings (SSSR count). The number of aromatic nitrogens is 2. The number of para-hydroxylation sites is 1. The second-order valence-electron chi connectivity index (χ2n) is 9.82. The molecule has 0 saturated heterocycles. The monoisotopic (exact) mass is 514 g/mol. The normalized spacial score (nSPS) is 11.3. The van der Waals surface area contributed by atoms with E-state index in [-0.39, 0.29) is 29.8 Å². The molecule has 2 aromatic heterocycles. The maximum atomic E-state index is 13.9. The minimum Gasteiger partial charge on any atom is -0.508 e. The molecule has 0 bridgehead atoms. The van der Waals surface area contributed by atoms with Crippen LogP contribution in [0.2, 0.25) is 0 Å². The molecule has 0 radical (unpaired) electrons. The molecule has 2 aromatic carbocycles. The van der Waals surface area contributed by atoms with Crippen molar-refractivity contribution in [3.8, 4) is 16.9 Å². The summed E-state index contributed by atoms with van der Waals surface area (Å²) in [5.74, 6) is 0.417. The van der Waals surface area contributed by atoms with E-state index in [1.807, 2.05) is 24.3 Å². The van der Waals surface area contributed by atoms with Crippen LogP contribution in [0, 0.1) is 0 Å². The standard InChI is InChI=1S/C30H34N4O4/c1-18(2)22-11-7-12-23(19(3)4)26(22)32-30(37)33-27-25(20-9-6-10-21(35)17-20)24-13-8-14-31-28(24)34(29(27)36)15-16-38-5/h6-14,17-19,35H,15-16H2,1-5H3,(H2,32,33,37). The van der Waals surface area contributed by atoms with Gasteiger partial charge in [-0.05, 0) is 52.8 Å². The molecule has 8 heteroatoms. The molecule has 2 amide bonds. The first-order chi connectivity index (χ1) is 18.2. The Morgan fingerprint density at radius 2 is 1.63 bits per heavy atom. The van der Waals surface area contributed by atoms with Crippen molar-refractivity contribution >= 4 is 28.4 Å². The molecule has 0 aliphatic heterocycles. The van der Waals surface area contributed by atoms with Crippen LogP contribution in [0.4, 0.5) is 16.2 Å². The highest BCUT2D eigenvalue weighted by Crippen LogP contribution is 2.35. The van der Waals surface area contributed by atoms with E-state index in [4.69, 9.17) is 4.74 Å². The van der Waals surface area contributed by atoms with Gasteiger partial charge in [0, 0.05) is 29.9 Å². The van der Waals surface area contributed by atoms with E-state index >= 15 is 0 Å². The number of hydrogen-bond acceptors (Lipinski definition) is 5. The zero-order chi connectivity index (χ0) is 27.4. The van der Waals surface area contributed by atoms with Crippen LogP contribution in [0.1, 0.15) is 50.7 Å². The number of carbonyl (C=O) groups excluding carboxylic acids is 1. The summed E-state index contributed by atoms with van der Waals surface area (Å²) in [5.41, 5.74) is 3.99. The van der Waals surface area contributed by atoms with Crippen LogP contribution in [0.5, 0.6) is 5.75 Å². The number of pyridine rings is 2. The number of phenolic OH excluding ortho intramolecular Hbond substituents is 1. The number of benzene rings is 2. The summed E-state index contributed by atoms with van der Waals surface area (Å²) < 4.78 is 6.73. The molecule has 0 unspecified atom stereocenters. The van der Waals surface area contributed by atoms with Crippen LogP contribution < -0.4 is 16.2 Å². The lowest BCUT2D eigenvalue weighted by atomic mass is 9.93. The summed E-state index contributed by atoms with van der Waals surface area (Å²) in [6.07, 6.45) is 1.62. The topological polar surface area (TPSA) is 105 Å². The molecule has 2 heterocycles. The number of urea groups is 1. The predicted molar refractivity (Wildman–Crippen MR) is 152 cm³/mol. The van der Waals surface area contributed by atoms with Crippen LogP contribution in [0.15, 0.2) is 65.6 Å². The van der Waals surface area contributed by atoms with Crippen molar-refractivity contribution in [2.75, 3.05) is 24.4 Å². The summed E-state index contributed by atoms with van der Waals surface area (Å²) in [6, 6.07) is 15.7. The Balaban J connectivity index is 1.89. The van der Waals surface area contributed by atoms with Gasteiger partial charge >= 0.3 is 6.03 Å². The molecule has 0 spiro atoms. The Bertz CT molecular complexity index is 1500. The molecule has 0 atom stereocenters. The molecular weight excluding hydrogens is 480 g/mol. The Labute approximate surface area is 222 Å². The van der Waals surface area contributed by atoms with E-state index < -0.39 is 11.6 Å². The number of aromatic hydroxyl groups is 1. The highest BCUT2D eigenvalue weighted by atomic mass is 16.5. The molecule has 0 saturated carbocycles. The van der Waals surface area contributed by atoms with Crippen molar-refractivity contribution < 1.29 is 14.6 Å². The van der Waals surface area contributed by atoms with Crippen molar-refractivity contribution in [2.24, 2.45) is 0 Å². The fourth-order valence-corrected chi connectivity index (χ4v) is 4.70. The number of amides is 2. The Kier molecular flexibility index (Phi) is 8.12. The summed E-state index contributed by atoms with van der Waals surface area (Å²) in [4.78, 5) is 31.9. The van der Waals surface area contributed by atoms with Gasteiger partial charge in [0.15, 0.2) is 0 Å². The van der Waals surface area contributed by atoms with Crippen molar-refractivity contribution in [1.82, 2.24) is 9.55 Å². The van der Waals surface area contributed by atoms with E-state index in [1.54, 1.807) is 43.6 Å². The third kappa shape index (κ3) is 5.40. The van der Waals surface area contributed by atoms with Crippen LogP contribution in [0.25, 0.3) is 22.2 Å². The Morgan fingerprint density at radius 3 is 2.26 bits per heavy atom. The van der Waals surface area contributed by atoms with Crippen LogP contribution in [-0.4, -0.2) is 34.4 Å². The summed E-state index contributed by atoms with van der Waals surface area (Å²) >= 11 is 0. The van der Waals surface area contributed by atoms with Gasteiger partial charge in [0.2, 0.25) is 0 Å². The minimum atomic E-state index is -0.528. The van der Waals surface area contributed by atoms with Crippen molar-refractivity contribution in [3.63, 3.8) is 0 Å². The van der Waals surface area contributed by atoms with E-state index in [0.717, 1.165) is 16.8 Å². The molecular formula is C30H34N4O4. The van der Waals surface area contributed by atoms with Gasteiger partial charge in [0.25, 0.3) is 5.56 Å². The predicted octanol–water partition coefficient (Wildman–Crippen LogP) is 6.31. The van der Waals surface area contributed by atoms with Gasteiger partial charge in [0.05, 0.1) is 13.2 Å². The number of nitrogens with zero attached hydrogens (tertiary/aromatic N) is 2. The lowest BCUT2D eigenvalue weighted by Gasteiger charge is -2.21. The van der Waals surface area contributed by atoms with Gasteiger partial charge in [-0.25, -0.2) is 9.78 Å². The maximum absolute atomic E-state index is 13.9. The largest absolute Gasteiger partial charge is 0.508 e. The summed E-state index contributed by atoms with van der Waals surface area (Å²) in [7, 11) is 1.56. The number of methoxy groups -OCH3 is 1. The molecule has 0 aliphatic rings.